The average molecular weight is 248 g/mol. The molecule has 1 aliphatic rings. The molecule has 2 rings (SSSR count). The Balaban J connectivity index is 1.92. The van der Waals surface area contributed by atoms with Crippen LogP contribution >= 0.6 is 0 Å². The first-order valence-electron chi connectivity index (χ1n) is 6.37. The number of piperidine rings is 1. The summed E-state index contributed by atoms with van der Waals surface area (Å²) in [7, 11) is 0. The van der Waals surface area contributed by atoms with Crippen molar-refractivity contribution in [2.75, 3.05) is 13.1 Å². The fraction of sp³-hybridized carbons (Fsp3) is 0.538. The third-order valence-electron chi connectivity index (χ3n) is 3.48. The number of nitrogen functional groups attached to an aromatic ring is 1. The molecular formula is C13H20N4O. The zero-order valence-corrected chi connectivity index (χ0v) is 10.7. The number of pyridine rings is 1. The van der Waals surface area contributed by atoms with Crippen molar-refractivity contribution in [2.45, 2.75) is 26.3 Å². The Morgan fingerprint density at radius 1 is 1.50 bits per heavy atom. The number of rotatable bonds is 3. The molecule has 0 bridgehead atoms. The minimum Gasteiger partial charge on any atom is -0.297 e. The molecule has 0 atom stereocenters. The molecule has 5 heteroatoms. The number of nitrogens with zero attached hydrogens (tertiary/aromatic N) is 2. The zero-order valence-electron chi connectivity index (χ0n) is 10.7. The lowest BCUT2D eigenvalue weighted by atomic mass is 9.99. The van der Waals surface area contributed by atoms with Crippen molar-refractivity contribution in [2.24, 2.45) is 11.8 Å². The summed E-state index contributed by atoms with van der Waals surface area (Å²) in [6, 6.07) is 3.65. The number of likely N-dealkylation sites (tertiary alicyclic amines) is 1. The number of carbonyl (C=O) groups excluding carboxylic acids is 1. The van der Waals surface area contributed by atoms with E-state index in [0.29, 0.717) is 5.56 Å². The Labute approximate surface area is 107 Å². The summed E-state index contributed by atoms with van der Waals surface area (Å²) in [6.07, 6.45) is 4.09. The molecule has 1 aromatic rings. The van der Waals surface area contributed by atoms with Crippen molar-refractivity contribution in [3.63, 3.8) is 0 Å². The molecule has 0 saturated carbocycles. The van der Waals surface area contributed by atoms with Gasteiger partial charge in [0, 0.05) is 12.7 Å². The molecular weight excluding hydrogens is 228 g/mol. The number of hydrogen-bond acceptors (Lipinski definition) is 4. The van der Waals surface area contributed by atoms with Gasteiger partial charge in [0.15, 0.2) is 0 Å². The largest absolute Gasteiger partial charge is 0.297 e. The molecule has 2 heterocycles. The quantitative estimate of drug-likeness (QED) is 0.474. The van der Waals surface area contributed by atoms with Crippen LogP contribution < -0.4 is 11.3 Å². The number of nitrogens with two attached hydrogens (primary N) is 1. The van der Waals surface area contributed by atoms with Gasteiger partial charge in [-0.1, -0.05) is 6.92 Å². The molecule has 18 heavy (non-hydrogen) atoms. The summed E-state index contributed by atoms with van der Waals surface area (Å²) in [5, 5.41) is 0. The van der Waals surface area contributed by atoms with E-state index in [9.17, 15) is 4.79 Å². The van der Waals surface area contributed by atoms with E-state index in [1.54, 1.807) is 12.3 Å². The second-order valence-corrected chi connectivity index (χ2v) is 4.97. The topological polar surface area (TPSA) is 71.2 Å². The number of amides is 1. The molecule has 0 unspecified atom stereocenters. The number of hydrogen-bond donors (Lipinski definition) is 2. The summed E-state index contributed by atoms with van der Waals surface area (Å²) >= 11 is 0. The number of carbonyl (C=O) groups is 1. The van der Waals surface area contributed by atoms with Gasteiger partial charge in [0.25, 0.3) is 5.91 Å². The zero-order chi connectivity index (χ0) is 13.0. The van der Waals surface area contributed by atoms with E-state index < -0.39 is 0 Å². The fourth-order valence-corrected chi connectivity index (χ4v) is 2.18. The molecule has 98 valence electrons. The number of aromatic nitrogens is 1. The van der Waals surface area contributed by atoms with Crippen LogP contribution in [0.5, 0.6) is 0 Å². The fourth-order valence-electron chi connectivity index (χ4n) is 2.18. The van der Waals surface area contributed by atoms with Gasteiger partial charge in [-0.2, -0.15) is 0 Å². The van der Waals surface area contributed by atoms with E-state index in [4.69, 9.17) is 5.84 Å². The van der Waals surface area contributed by atoms with E-state index in [1.165, 1.54) is 12.8 Å². The van der Waals surface area contributed by atoms with Crippen LogP contribution in [0.4, 0.5) is 0 Å². The third kappa shape index (κ3) is 3.27. The molecule has 3 N–H and O–H groups in total. The van der Waals surface area contributed by atoms with Crippen LogP contribution in [0, 0.1) is 5.92 Å². The predicted molar refractivity (Wildman–Crippen MR) is 69.6 cm³/mol. The first-order chi connectivity index (χ1) is 8.69. The highest BCUT2D eigenvalue weighted by atomic mass is 16.2. The van der Waals surface area contributed by atoms with Crippen molar-refractivity contribution in [1.82, 2.24) is 15.3 Å². The van der Waals surface area contributed by atoms with E-state index in [1.807, 2.05) is 6.07 Å². The molecule has 1 aromatic heterocycles. The van der Waals surface area contributed by atoms with Gasteiger partial charge in [0.1, 0.15) is 0 Å². The van der Waals surface area contributed by atoms with Crippen LogP contribution in [-0.2, 0) is 6.54 Å². The maximum Gasteiger partial charge on any atom is 0.266 e. The van der Waals surface area contributed by atoms with Gasteiger partial charge in [-0.3, -0.25) is 20.1 Å². The highest BCUT2D eigenvalue weighted by Gasteiger charge is 2.16. The van der Waals surface area contributed by atoms with E-state index in [0.717, 1.165) is 31.2 Å². The van der Waals surface area contributed by atoms with E-state index >= 15 is 0 Å². The Kier molecular flexibility index (Phi) is 4.28. The molecule has 1 saturated heterocycles. The minimum absolute atomic E-state index is 0.305. The minimum atomic E-state index is -0.305. The van der Waals surface area contributed by atoms with Gasteiger partial charge >= 0.3 is 0 Å². The Hall–Kier alpha value is -1.46. The van der Waals surface area contributed by atoms with Gasteiger partial charge in [0.2, 0.25) is 0 Å². The number of nitrogens with one attached hydrogen (secondary N) is 1. The lowest BCUT2D eigenvalue weighted by Crippen LogP contribution is -2.32. The molecule has 0 aromatic carbocycles. The Morgan fingerprint density at radius 2 is 2.22 bits per heavy atom. The maximum atomic E-state index is 11.3. The third-order valence-corrected chi connectivity index (χ3v) is 3.48. The Bertz CT molecular complexity index is 396. The summed E-state index contributed by atoms with van der Waals surface area (Å²) in [4.78, 5) is 18.0. The van der Waals surface area contributed by atoms with Gasteiger partial charge in [-0.25, -0.2) is 5.84 Å². The van der Waals surface area contributed by atoms with Crippen molar-refractivity contribution in [1.29, 1.82) is 0 Å². The second-order valence-electron chi connectivity index (χ2n) is 4.97. The lowest BCUT2D eigenvalue weighted by Gasteiger charge is -2.29. The van der Waals surface area contributed by atoms with Crippen LogP contribution in [0.2, 0.25) is 0 Å². The normalized spacial score (nSPS) is 17.7. The molecule has 0 aliphatic carbocycles. The van der Waals surface area contributed by atoms with E-state index in [2.05, 4.69) is 22.2 Å². The molecule has 1 amide bonds. The maximum absolute atomic E-state index is 11.3. The van der Waals surface area contributed by atoms with Crippen molar-refractivity contribution in [3.05, 3.63) is 29.6 Å². The second kappa shape index (κ2) is 5.93. The van der Waals surface area contributed by atoms with Crippen LogP contribution in [-0.4, -0.2) is 28.9 Å². The first-order valence-corrected chi connectivity index (χ1v) is 6.37. The van der Waals surface area contributed by atoms with Crippen LogP contribution in [0.3, 0.4) is 0 Å². The molecule has 1 fully saturated rings. The summed E-state index contributed by atoms with van der Waals surface area (Å²) in [5.41, 5.74) is 3.59. The smallest absolute Gasteiger partial charge is 0.266 e. The molecule has 0 spiro atoms. The van der Waals surface area contributed by atoms with Gasteiger partial charge in [-0.15, -0.1) is 0 Å². The molecule has 0 radical (unpaired) electrons. The summed E-state index contributed by atoms with van der Waals surface area (Å²) in [6.45, 7) is 5.43. The van der Waals surface area contributed by atoms with Crippen LogP contribution in [0.15, 0.2) is 18.3 Å². The van der Waals surface area contributed by atoms with Crippen LogP contribution in [0.25, 0.3) is 0 Å². The van der Waals surface area contributed by atoms with Gasteiger partial charge in [-0.05, 0) is 44.0 Å². The van der Waals surface area contributed by atoms with Crippen LogP contribution in [0.1, 0.15) is 35.8 Å². The highest BCUT2D eigenvalue weighted by molar-refractivity contribution is 5.93. The number of hydrazine groups is 1. The molecule has 1 aliphatic heterocycles. The van der Waals surface area contributed by atoms with Gasteiger partial charge in [0.05, 0.1) is 11.3 Å². The van der Waals surface area contributed by atoms with Crippen molar-refractivity contribution in [3.8, 4) is 0 Å². The SMILES string of the molecule is CC1CCN(Cc2ccc(C(=O)NN)cn2)CC1. The molecule has 5 nitrogen and oxygen atoms in total. The standard InChI is InChI=1S/C13H20N4O/c1-10-4-6-17(7-5-10)9-12-3-2-11(8-15-12)13(18)16-14/h2-3,8,10H,4-7,9,14H2,1H3,(H,16,18). The van der Waals surface area contributed by atoms with Crippen molar-refractivity contribution >= 4 is 5.91 Å². The monoisotopic (exact) mass is 248 g/mol. The average Bonchev–Trinajstić information content (AvgIpc) is 2.41. The van der Waals surface area contributed by atoms with Gasteiger partial charge < -0.3 is 0 Å². The first kappa shape index (κ1) is 13.0. The summed E-state index contributed by atoms with van der Waals surface area (Å²) < 4.78 is 0. The van der Waals surface area contributed by atoms with Crippen molar-refractivity contribution < 1.29 is 4.79 Å². The predicted octanol–water partition coefficient (Wildman–Crippen LogP) is 0.917. The highest BCUT2D eigenvalue weighted by Crippen LogP contribution is 2.17. The lowest BCUT2D eigenvalue weighted by molar-refractivity contribution is 0.0953. The Morgan fingerprint density at radius 3 is 2.78 bits per heavy atom. The van der Waals surface area contributed by atoms with E-state index in [-0.39, 0.29) is 5.91 Å². The summed E-state index contributed by atoms with van der Waals surface area (Å²) in [5.74, 6) is 5.60.